The van der Waals surface area contributed by atoms with Crippen molar-refractivity contribution in [1.29, 1.82) is 5.26 Å². The molecule has 1 N–H and O–H groups in total. The summed E-state index contributed by atoms with van der Waals surface area (Å²) < 4.78 is 44.3. The monoisotopic (exact) mass is 510 g/mol. The highest BCUT2D eigenvalue weighted by molar-refractivity contribution is 5.79. The van der Waals surface area contributed by atoms with Crippen molar-refractivity contribution in [1.82, 2.24) is 15.1 Å². The highest BCUT2D eigenvalue weighted by Crippen LogP contribution is 2.47. The van der Waals surface area contributed by atoms with Gasteiger partial charge in [0.1, 0.15) is 24.4 Å². The minimum atomic E-state index is -0.931. The van der Waals surface area contributed by atoms with Gasteiger partial charge in [0.25, 0.3) is 0 Å². The van der Waals surface area contributed by atoms with Gasteiger partial charge in [-0.05, 0) is 60.0 Å². The Hall–Kier alpha value is -1.39. The fraction of sp³-hybridized carbons (Fsp3) is 0.920. The standard InChI is InChI=1S/C25H39FN4O6/c1-23(2)33-19-14-32-25(22(21(19)34-23)35-24(3,4)36-25)15-29-7-5-17(6-8-29)28-12-20(31)30-13-16(10-26)9-18(30)11-27/h16-19,21-22,28H,5-10,12-15H2,1-4H3/t16?,18-,19+,21+,22-,25-/m0/s1. The van der Waals surface area contributed by atoms with E-state index in [4.69, 9.17) is 23.7 Å². The lowest BCUT2D eigenvalue weighted by molar-refractivity contribution is -0.287. The van der Waals surface area contributed by atoms with Gasteiger partial charge in [0.15, 0.2) is 11.6 Å². The number of halogens is 1. The van der Waals surface area contributed by atoms with E-state index in [1.54, 1.807) is 0 Å². The number of nitrogens with one attached hydrogen (secondary N) is 1. The Kier molecular flexibility index (Phi) is 7.09. The second kappa shape index (κ2) is 9.73. The molecule has 36 heavy (non-hydrogen) atoms. The van der Waals surface area contributed by atoms with Crippen LogP contribution in [0.2, 0.25) is 0 Å². The average molecular weight is 511 g/mol. The molecule has 202 valence electrons. The van der Waals surface area contributed by atoms with Crippen LogP contribution < -0.4 is 5.32 Å². The van der Waals surface area contributed by atoms with Crippen LogP contribution in [0.3, 0.4) is 0 Å². The summed E-state index contributed by atoms with van der Waals surface area (Å²) in [4.78, 5) is 16.5. The number of hydrogen-bond acceptors (Lipinski definition) is 9. The molecule has 11 heteroatoms. The molecule has 5 aliphatic rings. The Labute approximate surface area is 212 Å². The van der Waals surface area contributed by atoms with Gasteiger partial charge in [0.05, 0.1) is 32.4 Å². The second-order valence-electron chi connectivity index (χ2n) is 11.7. The van der Waals surface area contributed by atoms with Gasteiger partial charge in [-0.2, -0.15) is 5.26 Å². The van der Waals surface area contributed by atoms with Crippen molar-refractivity contribution in [3.63, 3.8) is 0 Å². The summed E-state index contributed by atoms with van der Waals surface area (Å²) in [5.41, 5.74) is 0. The molecule has 5 aliphatic heterocycles. The molecular formula is C25H39FN4O6. The number of likely N-dealkylation sites (tertiary alicyclic amines) is 2. The lowest BCUT2D eigenvalue weighted by Gasteiger charge is -2.44. The van der Waals surface area contributed by atoms with Gasteiger partial charge < -0.3 is 33.9 Å². The highest BCUT2D eigenvalue weighted by Gasteiger charge is 2.65. The number of nitrogens with zero attached hydrogens (tertiary/aromatic N) is 3. The van der Waals surface area contributed by atoms with Crippen LogP contribution in [-0.2, 0) is 28.5 Å². The fourth-order valence-electron chi connectivity index (χ4n) is 6.34. The minimum Gasteiger partial charge on any atom is -0.343 e. The second-order valence-corrected chi connectivity index (χ2v) is 11.7. The summed E-state index contributed by atoms with van der Waals surface area (Å²) in [7, 11) is 0. The van der Waals surface area contributed by atoms with E-state index in [0.717, 1.165) is 25.9 Å². The molecular weight excluding hydrogens is 471 g/mol. The predicted octanol–water partition coefficient (Wildman–Crippen LogP) is 1.15. The zero-order valence-corrected chi connectivity index (χ0v) is 21.7. The van der Waals surface area contributed by atoms with Crippen LogP contribution in [0.4, 0.5) is 4.39 Å². The summed E-state index contributed by atoms with van der Waals surface area (Å²) in [6.45, 7) is 10.2. The third-order valence-corrected chi connectivity index (χ3v) is 7.92. The van der Waals surface area contributed by atoms with Crippen molar-refractivity contribution >= 4 is 5.91 Å². The third kappa shape index (κ3) is 5.14. The number of carbonyl (C=O) groups is 1. The number of rotatable bonds is 6. The maximum Gasteiger partial charge on any atom is 0.237 e. The number of amides is 1. The lowest BCUT2D eigenvalue weighted by atomic mass is 9.95. The van der Waals surface area contributed by atoms with Gasteiger partial charge in [-0.15, -0.1) is 0 Å². The topological polar surface area (TPSA) is 106 Å². The summed E-state index contributed by atoms with van der Waals surface area (Å²) in [6.07, 6.45) is 1.29. The summed E-state index contributed by atoms with van der Waals surface area (Å²) in [6, 6.07) is 1.81. The number of piperidine rings is 1. The van der Waals surface area contributed by atoms with Crippen molar-refractivity contribution in [2.45, 2.75) is 94.7 Å². The van der Waals surface area contributed by atoms with Crippen molar-refractivity contribution in [2.75, 3.05) is 46.0 Å². The molecule has 5 fully saturated rings. The molecule has 1 unspecified atom stereocenters. The Morgan fingerprint density at radius 3 is 2.58 bits per heavy atom. The first kappa shape index (κ1) is 26.2. The normalized spacial score (nSPS) is 40.1. The maximum absolute atomic E-state index is 13.0. The lowest BCUT2D eigenvalue weighted by Crippen LogP contribution is -2.63. The molecule has 5 rings (SSSR count). The van der Waals surface area contributed by atoms with Crippen LogP contribution in [0.15, 0.2) is 0 Å². The van der Waals surface area contributed by atoms with Crippen LogP contribution in [0.1, 0.15) is 47.0 Å². The number of carbonyl (C=O) groups excluding carboxylic acids is 1. The molecule has 6 atom stereocenters. The van der Waals surface area contributed by atoms with E-state index in [-0.39, 0.29) is 36.6 Å². The van der Waals surface area contributed by atoms with Gasteiger partial charge in [0.2, 0.25) is 11.7 Å². The molecule has 0 saturated carbocycles. The maximum atomic E-state index is 13.0. The van der Waals surface area contributed by atoms with Crippen molar-refractivity contribution in [3.05, 3.63) is 0 Å². The molecule has 0 spiro atoms. The quantitative estimate of drug-likeness (QED) is 0.563. The molecule has 5 heterocycles. The van der Waals surface area contributed by atoms with Crippen molar-refractivity contribution in [2.24, 2.45) is 5.92 Å². The molecule has 10 nitrogen and oxygen atoms in total. The van der Waals surface area contributed by atoms with E-state index in [1.807, 2.05) is 27.7 Å². The van der Waals surface area contributed by atoms with Crippen LogP contribution in [0.25, 0.3) is 0 Å². The van der Waals surface area contributed by atoms with E-state index in [2.05, 4.69) is 16.3 Å². The number of ether oxygens (including phenoxy) is 5. The molecule has 0 bridgehead atoms. The molecule has 0 radical (unpaired) electrons. The molecule has 1 amide bonds. The number of hydrogen-bond donors (Lipinski definition) is 1. The SMILES string of the molecule is CC1(C)O[C@@H]2[C@@H](CO[C@@]3(CN4CCC(NCC(=O)N5CC(CF)C[C@H]5C#N)CC4)OC(C)(C)O[C@@H]23)O1. The largest absolute Gasteiger partial charge is 0.343 e. The van der Waals surface area contributed by atoms with Crippen LogP contribution >= 0.6 is 0 Å². The Bertz CT molecular complexity index is 875. The predicted molar refractivity (Wildman–Crippen MR) is 125 cm³/mol. The first-order valence-corrected chi connectivity index (χ1v) is 13.1. The molecule has 5 saturated heterocycles. The molecule has 0 aromatic carbocycles. The van der Waals surface area contributed by atoms with Crippen LogP contribution in [0, 0.1) is 17.2 Å². The van der Waals surface area contributed by atoms with Gasteiger partial charge in [-0.3, -0.25) is 14.1 Å². The van der Waals surface area contributed by atoms with E-state index in [1.165, 1.54) is 4.90 Å². The Balaban J connectivity index is 1.14. The van der Waals surface area contributed by atoms with E-state index in [9.17, 15) is 14.4 Å². The van der Waals surface area contributed by atoms with Gasteiger partial charge in [0, 0.05) is 18.5 Å². The summed E-state index contributed by atoms with van der Waals surface area (Å²) in [5, 5.41) is 12.7. The Morgan fingerprint density at radius 1 is 1.14 bits per heavy atom. The van der Waals surface area contributed by atoms with Gasteiger partial charge >= 0.3 is 0 Å². The van der Waals surface area contributed by atoms with Gasteiger partial charge in [-0.25, -0.2) is 0 Å². The fourth-order valence-corrected chi connectivity index (χ4v) is 6.34. The first-order chi connectivity index (χ1) is 17.0. The number of nitriles is 1. The summed E-state index contributed by atoms with van der Waals surface area (Å²) >= 11 is 0. The van der Waals surface area contributed by atoms with Crippen LogP contribution in [0.5, 0.6) is 0 Å². The zero-order chi connectivity index (χ0) is 25.7. The number of fused-ring (bicyclic) bond motifs is 3. The van der Waals surface area contributed by atoms with E-state index >= 15 is 0 Å². The average Bonchev–Trinajstić information content (AvgIpc) is 3.47. The third-order valence-electron chi connectivity index (χ3n) is 7.92. The first-order valence-electron chi connectivity index (χ1n) is 13.1. The smallest absolute Gasteiger partial charge is 0.237 e. The van der Waals surface area contributed by atoms with Crippen molar-refractivity contribution in [3.8, 4) is 6.07 Å². The van der Waals surface area contributed by atoms with E-state index in [0.29, 0.717) is 26.1 Å². The molecule has 0 aromatic rings. The van der Waals surface area contributed by atoms with Crippen LogP contribution in [-0.4, -0.2) is 109 Å². The van der Waals surface area contributed by atoms with Gasteiger partial charge in [-0.1, -0.05) is 0 Å². The number of alkyl halides is 1. The zero-order valence-electron chi connectivity index (χ0n) is 21.7. The molecule has 0 aromatic heterocycles. The van der Waals surface area contributed by atoms with Crippen molar-refractivity contribution < 1.29 is 32.9 Å². The Morgan fingerprint density at radius 2 is 1.89 bits per heavy atom. The van der Waals surface area contributed by atoms with E-state index < -0.39 is 36.2 Å². The summed E-state index contributed by atoms with van der Waals surface area (Å²) in [5.74, 6) is -2.79. The minimum absolute atomic E-state index is 0.132. The molecule has 0 aliphatic carbocycles. The highest BCUT2D eigenvalue weighted by atomic mass is 19.1.